The number of benzene rings is 2. The van der Waals surface area contributed by atoms with Gasteiger partial charge in [0.1, 0.15) is 29.6 Å². The maximum Gasteiger partial charge on any atom is 0.274 e. The molecule has 1 aliphatic rings. The van der Waals surface area contributed by atoms with Crippen molar-refractivity contribution in [3.05, 3.63) is 64.6 Å². The molecular formula is C17H11ClFN3O2. The predicted octanol–water partition coefficient (Wildman–Crippen LogP) is 4.01. The zero-order chi connectivity index (χ0) is 16.7. The Bertz CT molecular complexity index is 955. The van der Waals surface area contributed by atoms with Gasteiger partial charge in [0.15, 0.2) is 0 Å². The molecule has 120 valence electrons. The minimum Gasteiger partial charge on any atom is -0.488 e. The van der Waals surface area contributed by atoms with E-state index in [1.54, 1.807) is 0 Å². The normalized spacial score (nSPS) is 12.1. The number of ether oxygens (including phenoxy) is 1. The molecule has 0 bridgehead atoms. The number of aromatic nitrogens is 2. The molecule has 0 atom stereocenters. The van der Waals surface area contributed by atoms with Crippen LogP contribution in [0.3, 0.4) is 0 Å². The number of aromatic amines is 1. The highest BCUT2D eigenvalue weighted by Crippen LogP contribution is 2.37. The molecule has 2 heterocycles. The number of halogens is 2. The molecule has 0 saturated heterocycles. The molecule has 0 aliphatic carbocycles. The van der Waals surface area contributed by atoms with E-state index in [4.69, 9.17) is 16.3 Å². The lowest BCUT2D eigenvalue weighted by molar-refractivity contribution is 0.102. The van der Waals surface area contributed by atoms with E-state index in [0.717, 1.165) is 11.3 Å². The molecule has 2 aromatic carbocycles. The molecule has 0 unspecified atom stereocenters. The maximum absolute atomic E-state index is 13.2. The molecule has 1 amide bonds. The van der Waals surface area contributed by atoms with Gasteiger partial charge in [-0.3, -0.25) is 9.89 Å². The van der Waals surface area contributed by atoms with Crippen LogP contribution in [-0.2, 0) is 6.61 Å². The number of nitrogens with one attached hydrogen (secondary N) is 2. The second-order valence-corrected chi connectivity index (χ2v) is 5.70. The molecule has 0 spiro atoms. The Morgan fingerprint density at radius 1 is 1.29 bits per heavy atom. The summed E-state index contributed by atoms with van der Waals surface area (Å²) in [5, 5.41) is 9.61. The van der Waals surface area contributed by atoms with E-state index in [1.165, 1.54) is 18.2 Å². The number of anilines is 1. The number of amides is 1. The molecule has 24 heavy (non-hydrogen) atoms. The van der Waals surface area contributed by atoms with Crippen molar-refractivity contribution in [2.45, 2.75) is 6.61 Å². The molecule has 3 aromatic rings. The van der Waals surface area contributed by atoms with Crippen LogP contribution in [-0.4, -0.2) is 16.1 Å². The smallest absolute Gasteiger partial charge is 0.274 e. The Kier molecular flexibility index (Phi) is 3.46. The van der Waals surface area contributed by atoms with E-state index >= 15 is 0 Å². The number of fused-ring (bicyclic) bond motifs is 3. The number of carbonyl (C=O) groups is 1. The molecule has 4 rings (SSSR count). The van der Waals surface area contributed by atoms with Gasteiger partial charge in [-0.1, -0.05) is 23.7 Å². The van der Waals surface area contributed by atoms with E-state index in [0.29, 0.717) is 22.6 Å². The zero-order valence-corrected chi connectivity index (χ0v) is 13.0. The average Bonchev–Trinajstić information content (AvgIpc) is 3.03. The Balaban J connectivity index is 1.65. The monoisotopic (exact) mass is 343 g/mol. The van der Waals surface area contributed by atoms with Gasteiger partial charge in [-0.15, -0.1) is 0 Å². The molecule has 0 radical (unpaired) electrons. The van der Waals surface area contributed by atoms with E-state index in [1.807, 2.05) is 24.3 Å². The van der Waals surface area contributed by atoms with E-state index in [9.17, 15) is 9.18 Å². The van der Waals surface area contributed by atoms with Gasteiger partial charge in [0.25, 0.3) is 5.91 Å². The Morgan fingerprint density at radius 2 is 2.12 bits per heavy atom. The van der Waals surface area contributed by atoms with Gasteiger partial charge in [-0.05, 0) is 30.3 Å². The summed E-state index contributed by atoms with van der Waals surface area (Å²) in [7, 11) is 0. The lowest BCUT2D eigenvalue weighted by Crippen LogP contribution is -2.16. The van der Waals surface area contributed by atoms with Gasteiger partial charge >= 0.3 is 0 Å². The van der Waals surface area contributed by atoms with Crippen LogP contribution in [0.5, 0.6) is 5.75 Å². The van der Waals surface area contributed by atoms with Crippen molar-refractivity contribution in [1.82, 2.24) is 10.2 Å². The van der Waals surface area contributed by atoms with Crippen LogP contribution < -0.4 is 10.1 Å². The third-order valence-electron chi connectivity index (χ3n) is 3.79. The van der Waals surface area contributed by atoms with Gasteiger partial charge in [-0.2, -0.15) is 5.10 Å². The number of nitrogens with zero attached hydrogens (tertiary/aromatic N) is 1. The van der Waals surface area contributed by atoms with Crippen LogP contribution in [0.15, 0.2) is 42.5 Å². The van der Waals surface area contributed by atoms with Crippen molar-refractivity contribution in [1.29, 1.82) is 0 Å². The van der Waals surface area contributed by atoms with Crippen LogP contribution in [0.2, 0.25) is 5.02 Å². The maximum atomic E-state index is 13.2. The summed E-state index contributed by atoms with van der Waals surface area (Å²) in [6.45, 7) is 0.246. The van der Waals surface area contributed by atoms with E-state index in [-0.39, 0.29) is 11.6 Å². The van der Waals surface area contributed by atoms with Crippen LogP contribution in [0.25, 0.3) is 11.3 Å². The highest BCUT2D eigenvalue weighted by Gasteiger charge is 2.26. The zero-order valence-electron chi connectivity index (χ0n) is 12.3. The number of para-hydroxylation sites is 1. The average molecular weight is 344 g/mol. The first-order valence-corrected chi connectivity index (χ1v) is 7.57. The fourth-order valence-corrected chi connectivity index (χ4v) is 2.80. The molecule has 1 aliphatic heterocycles. The first-order chi connectivity index (χ1) is 11.6. The molecular weight excluding hydrogens is 333 g/mol. The molecule has 5 nitrogen and oxygen atoms in total. The molecule has 0 saturated carbocycles. The van der Waals surface area contributed by atoms with Crippen molar-refractivity contribution < 1.29 is 13.9 Å². The van der Waals surface area contributed by atoms with Crippen molar-refractivity contribution in [2.75, 3.05) is 5.32 Å². The number of H-pyrrole nitrogens is 1. The Morgan fingerprint density at radius 3 is 2.96 bits per heavy atom. The van der Waals surface area contributed by atoms with Crippen molar-refractivity contribution in [3.8, 4) is 17.0 Å². The second kappa shape index (κ2) is 5.65. The van der Waals surface area contributed by atoms with Crippen molar-refractivity contribution in [3.63, 3.8) is 0 Å². The third kappa shape index (κ3) is 2.41. The molecule has 1 aromatic heterocycles. The lowest BCUT2D eigenvalue weighted by Gasteiger charge is -2.17. The van der Waals surface area contributed by atoms with Crippen LogP contribution in [0.4, 0.5) is 10.1 Å². The highest BCUT2D eigenvalue weighted by molar-refractivity contribution is 6.31. The molecule has 2 N–H and O–H groups in total. The number of carbonyl (C=O) groups excluding carboxylic acids is 1. The topological polar surface area (TPSA) is 67.0 Å². The standard InChI is InChI=1S/C17H11ClFN3O2/c18-12-7-9(5-6-13(12)19)20-17(23)16-11-8-24-14-4-2-1-3-10(14)15(11)21-22-16/h1-7H,8H2,(H,20,23)(H,21,22). The summed E-state index contributed by atoms with van der Waals surface area (Å²) in [5.74, 6) is -0.207. The minimum absolute atomic E-state index is 0.0586. The summed E-state index contributed by atoms with van der Waals surface area (Å²) in [6, 6.07) is 11.5. The Hall–Kier alpha value is -2.86. The first-order valence-electron chi connectivity index (χ1n) is 7.19. The van der Waals surface area contributed by atoms with E-state index < -0.39 is 11.7 Å². The quantitative estimate of drug-likeness (QED) is 0.738. The summed E-state index contributed by atoms with van der Waals surface area (Å²) in [5.41, 5.74) is 2.91. The van der Waals surface area contributed by atoms with Crippen LogP contribution in [0, 0.1) is 5.82 Å². The minimum atomic E-state index is -0.543. The molecule has 0 fully saturated rings. The fourth-order valence-electron chi connectivity index (χ4n) is 2.62. The number of hydrogen-bond acceptors (Lipinski definition) is 3. The summed E-state index contributed by atoms with van der Waals surface area (Å²) in [6.07, 6.45) is 0. The van der Waals surface area contributed by atoms with Crippen molar-refractivity contribution >= 4 is 23.2 Å². The van der Waals surface area contributed by atoms with Gasteiger partial charge in [0.05, 0.1) is 5.02 Å². The fraction of sp³-hybridized carbons (Fsp3) is 0.0588. The van der Waals surface area contributed by atoms with Gasteiger partial charge in [0, 0.05) is 16.8 Å². The lowest BCUT2D eigenvalue weighted by atomic mass is 10.0. The third-order valence-corrected chi connectivity index (χ3v) is 4.08. The second-order valence-electron chi connectivity index (χ2n) is 5.29. The summed E-state index contributed by atoms with van der Waals surface area (Å²) < 4.78 is 18.9. The largest absolute Gasteiger partial charge is 0.488 e. The molecule has 7 heteroatoms. The van der Waals surface area contributed by atoms with E-state index in [2.05, 4.69) is 15.5 Å². The van der Waals surface area contributed by atoms with Crippen LogP contribution >= 0.6 is 11.6 Å². The highest BCUT2D eigenvalue weighted by atomic mass is 35.5. The summed E-state index contributed by atoms with van der Waals surface area (Å²) >= 11 is 5.73. The predicted molar refractivity (Wildman–Crippen MR) is 87.7 cm³/mol. The Labute approximate surface area is 141 Å². The SMILES string of the molecule is O=C(Nc1ccc(F)c(Cl)c1)c1[nH]nc2c1COc1ccccc1-2. The van der Waals surface area contributed by atoms with Crippen molar-refractivity contribution in [2.24, 2.45) is 0 Å². The van der Waals surface area contributed by atoms with Gasteiger partial charge < -0.3 is 10.1 Å². The van der Waals surface area contributed by atoms with Crippen LogP contribution in [0.1, 0.15) is 16.1 Å². The first kappa shape index (κ1) is 14.7. The number of hydrogen-bond donors (Lipinski definition) is 2. The van der Waals surface area contributed by atoms with Gasteiger partial charge in [-0.25, -0.2) is 4.39 Å². The van der Waals surface area contributed by atoms with Gasteiger partial charge in [0.2, 0.25) is 0 Å². The summed E-state index contributed by atoms with van der Waals surface area (Å²) in [4.78, 5) is 12.5. The number of rotatable bonds is 2.